The number of hydrogen-bond acceptors (Lipinski definition) is 10. The molecule has 14 heteroatoms. The molecule has 2 aromatic heterocycles. The standard InChI is InChI=1S/C35H36FN5O8/c1-44-13-15-47-29-18-23-25(19-30(29)48-16-14-45-2)38-20-39-34(23)49-27-11-10-21(17-28(27)46-3)22-7-6-12-40-32(22)31(33(37)42)35(43)41(40)26-9-5-4-8-24(26)36/h4-5,8-11,17-20,22H,6-7,12-16H2,1-3H3,(H2,37,42). The summed E-state index contributed by atoms with van der Waals surface area (Å²) in [4.78, 5) is 35.1. The molecule has 13 nitrogen and oxygen atoms in total. The maximum Gasteiger partial charge on any atom is 0.284 e. The quantitative estimate of drug-likeness (QED) is 0.166. The second-order valence-corrected chi connectivity index (χ2v) is 11.2. The number of aromatic nitrogens is 4. The Bertz CT molecular complexity index is 2050. The molecule has 0 saturated heterocycles. The van der Waals surface area contributed by atoms with E-state index >= 15 is 0 Å². The first-order valence-corrected chi connectivity index (χ1v) is 15.6. The molecular formula is C35H36FN5O8. The number of benzene rings is 3. The van der Waals surface area contributed by atoms with Crippen LogP contribution in [0.3, 0.4) is 0 Å². The fourth-order valence-electron chi connectivity index (χ4n) is 6.04. The molecule has 0 aliphatic carbocycles. The SMILES string of the molecule is COCCOc1cc2ncnc(Oc3ccc(C4CCCn5c4c(C(N)=O)c(=O)n5-c4ccccc4F)cc3OC)c2cc1OCCOC. The van der Waals surface area contributed by atoms with Crippen LogP contribution in [-0.4, -0.2) is 73.0 Å². The van der Waals surface area contributed by atoms with Crippen LogP contribution in [0.1, 0.15) is 40.4 Å². The Morgan fingerprint density at radius 2 is 1.65 bits per heavy atom. The molecule has 6 rings (SSSR count). The number of hydrogen-bond donors (Lipinski definition) is 1. The summed E-state index contributed by atoms with van der Waals surface area (Å²) in [6.45, 7) is 1.77. The van der Waals surface area contributed by atoms with Gasteiger partial charge in [-0.15, -0.1) is 0 Å². The number of para-hydroxylation sites is 1. The summed E-state index contributed by atoms with van der Waals surface area (Å²) in [5, 5.41) is 0.567. The van der Waals surface area contributed by atoms with Crippen molar-refractivity contribution in [2.24, 2.45) is 5.73 Å². The third kappa shape index (κ3) is 6.65. The number of carbonyl (C=O) groups excluding carboxylic acids is 1. The van der Waals surface area contributed by atoms with E-state index in [1.54, 1.807) is 49.2 Å². The van der Waals surface area contributed by atoms with Crippen LogP contribution in [0.2, 0.25) is 0 Å². The Balaban J connectivity index is 1.37. The van der Waals surface area contributed by atoms with Gasteiger partial charge in [-0.3, -0.25) is 14.3 Å². The summed E-state index contributed by atoms with van der Waals surface area (Å²) < 4.78 is 51.9. The van der Waals surface area contributed by atoms with Crippen molar-refractivity contribution in [2.45, 2.75) is 25.3 Å². The van der Waals surface area contributed by atoms with Gasteiger partial charge in [-0.25, -0.2) is 19.0 Å². The molecule has 5 aromatic rings. The van der Waals surface area contributed by atoms with Gasteiger partial charge in [0.2, 0.25) is 5.88 Å². The van der Waals surface area contributed by atoms with E-state index < -0.39 is 23.2 Å². The van der Waals surface area contributed by atoms with Gasteiger partial charge in [0.15, 0.2) is 23.0 Å². The van der Waals surface area contributed by atoms with Gasteiger partial charge in [0.1, 0.15) is 36.6 Å². The lowest BCUT2D eigenvalue weighted by Gasteiger charge is -2.27. The van der Waals surface area contributed by atoms with Crippen molar-refractivity contribution >= 4 is 16.8 Å². The van der Waals surface area contributed by atoms with Crippen molar-refractivity contribution in [1.82, 2.24) is 19.3 Å². The van der Waals surface area contributed by atoms with Gasteiger partial charge in [-0.1, -0.05) is 18.2 Å². The van der Waals surface area contributed by atoms with E-state index in [0.29, 0.717) is 78.8 Å². The number of carbonyl (C=O) groups is 1. The lowest BCUT2D eigenvalue weighted by atomic mass is 9.86. The van der Waals surface area contributed by atoms with Crippen molar-refractivity contribution < 1.29 is 37.6 Å². The largest absolute Gasteiger partial charge is 0.493 e. The van der Waals surface area contributed by atoms with Gasteiger partial charge < -0.3 is 34.2 Å². The molecule has 0 saturated carbocycles. The minimum Gasteiger partial charge on any atom is -0.493 e. The number of ether oxygens (including phenoxy) is 6. The van der Waals surface area contributed by atoms with E-state index in [4.69, 9.17) is 34.2 Å². The van der Waals surface area contributed by atoms with Crippen molar-refractivity contribution in [2.75, 3.05) is 47.8 Å². The van der Waals surface area contributed by atoms with E-state index in [0.717, 1.165) is 5.56 Å². The minimum absolute atomic E-state index is 0.0428. The fraction of sp³-hybridized carbons (Fsp3) is 0.314. The predicted octanol–water partition coefficient (Wildman–Crippen LogP) is 4.60. The normalized spacial score (nSPS) is 14.0. The van der Waals surface area contributed by atoms with Gasteiger partial charge in [-0.05, 0) is 48.7 Å². The second-order valence-electron chi connectivity index (χ2n) is 11.2. The third-order valence-electron chi connectivity index (χ3n) is 8.25. The van der Waals surface area contributed by atoms with E-state index in [9.17, 15) is 14.0 Å². The molecule has 256 valence electrons. The second kappa shape index (κ2) is 14.7. The Morgan fingerprint density at radius 1 is 0.918 bits per heavy atom. The number of methoxy groups -OCH3 is 3. The Morgan fingerprint density at radius 3 is 2.35 bits per heavy atom. The van der Waals surface area contributed by atoms with Crippen LogP contribution in [0.15, 0.2) is 65.7 Å². The van der Waals surface area contributed by atoms with E-state index in [1.807, 2.05) is 6.07 Å². The van der Waals surface area contributed by atoms with Crippen LogP contribution in [0.4, 0.5) is 4.39 Å². The number of primary amides is 1. The number of rotatable bonds is 14. The molecule has 3 aromatic carbocycles. The van der Waals surface area contributed by atoms with E-state index in [-0.39, 0.29) is 23.7 Å². The highest BCUT2D eigenvalue weighted by molar-refractivity contribution is 5.94. The lowest BCUT2D eigenvalue weighted by Crippen LogP contribution is -2.26. The third-order valence-corrected chi connectivity index (χ3v) is 8.25. The molecule has 0 spiro atoms. The average Bonchev–Trinajstić information content (AvgIpc) is 3.41. The highest BCUT2D eigenvalue weighted by atomic mass is 19.1. The summed E-state index contributed by atoms with van der Waals surface area (Å²) in [6, 6.07) is 14.8. The number of amides is 1. The van der Waals surface area contributed by atoms with Crippen LogP contribution in [0, 0.1) is 5.82 Å². The van der Waals surface area contributed by atoms with Gasteiger partial charge in [0.05, 0.1) is 36.9 Å². The zero-order chi connectivity index (χ0) is 34.5. The molecule has 0 radical (unpaired) electrons. The van der Waals surface area contributed by atoms with Crippen LogP contribution < -0.4 is 30.2 Å². The Hall–Kier alpha value is -5.47. The summed E-state index contributed by atoms with van der Waals surface area (Å²) >= 11 is 0. The first-order valence-electron chi connectivity index (χ1n) is 15.6. The molecule has 0 bridgehead atoms. The zero-order valence-electron chi connectivity index (χ0n) is 27.3. The Labute approximate surface area is 280 Å². The summed E-state index contributed by atoms with van der Waals surface area (Å²) in [5.41, 5.74) is 6.70. The Kier molecular flexibility index (Phi) is 10.1. The molecule has 1 aliphatic rings. The number of fused-ring (bicyclic) bond motifs is 2. The fourth-order valence-corrected chi connectivity index (χ4v) is 6.04. The molecule has 2 N–H and O–H groups in total. The minimum atomic E-state index is -0.879. The van der Waals surface area contributed by atoms with Crippen molar-refractivity contribution in [3.8, 4) is 34.6 Å². The van der Waals surface area contributed by atoms with Crippen molar-refractivity contribution in [3.63, 3.8) is 0 Å². The summed E-state index contributed by atoms with van der Waals surface area (Å²) in [5.74, 6) is 0.0532. The van der Waals surface area contributed by atoms with Crippen LogP contribution >= 0.6 is 0 Å². The molecule has 3 heterocycles. The van der Waals surface area contributed by atoms with Crippen LogP contribution in [-0.2, 0) is 16.0 Å². The maximum absolute atomic E-state index is 14.9. The van der Waals surface area contributed by atoms with E-state index in [1.165, 1.54) is 36.3 Å². The van der Waals surface area contributed by atoms with Gasteiger partial charge in [0.25, 0.3) is 11.5 Å². The first kappa shape index (κ1) is 33.4. The number of halogens is 1. The molecule has 0 fully saturated rings. The van der Waals surface area contributed by atoms with Gasteiger partial charge >= 0.3 is 0 Å². The van der Waals surface area contributed by atoms with Gasteiger partial charge in [0, 0.05) is 32.7 Å². The number of nitrogens with zero attached hydrogens (tertiary/aromatic N) is 4. The summed E-state index contributed by atoms with van der Waals surface area (Å²) in [6.07, 6.45) is 2.66. The van der Waals surface area contributed by atoms with E-state index in [2.05, 4.69) is 9.97 Å². The molecular weight excluding hydrogens is 637 g/mol. The molecule has 1 atom stereocenters. The highest BCUT2D eigenvalue weighted by Crippen LogP contribution is 2.42. The molecule has 1 aliphatic heterocycles. The van der Waals surface area contributed by atoms with Crippen molar-refractivity contribution in [1.29, 1.82) is 0 Å². The predicted molar refractivity (Wildman–Crippen MR) is 177 cm³/mol. The van der Waals surface area contributed by atoms with Crippen LogP contribution in [0.5, 0.6) is 28.9 Å². The number of nitrogens with two attached hydrogens (primary N) is 1. The first-order chi connectivity index (χ1) is 23.9. The highest BCUT2D eigenvalue weighted by Gasteiger charge is 2.34. The molecule has 1 amide bonds. The average molecular weight is 674 g/mol. The molecule has 49 heavy (non-hydrogen) atoms. The lowest BCUT2D eigenvalue weighted by molar-refractivity contribution is 0.0997. The smallest absolute Gasteiger partial charge is 0.284 e. The topological polar surface area (TPSA) is 151 Å². The monoisotopic (exact) mass is 673 g/mol. The zero-order valence-corrected chi connectivity index (χ0v) is 27.3. The summed E-state index contributed by atoms with van der Waals surface area (Å²) in [7, 11) is 4.69. The molecule has 1 unspecified atom stereocenters. The maximum atomic E-state index is 14.9. The van der Waals surface area contributed by atoms with Gasteiger partial charge in [-0.2, -0.15) is 0 Å². The van der Waals surface area contributed by atoms with Crippen LogP contribution in [0.25, 0.3) is 16.6 Å². The van der Waals surface area contributed by atoms with Crippen molar-refractivity contribution in [3.05, 3.63) is 93.9 Å².